The normalized spacial score (nSPS) is 12.8. The average Bonchev–Trinajstić information content (AvgIpc) is 3.22. The smallest absolute Gasteiger partial charge is 0.306 e. The van der Waals surface area contributed by atoms with Gasteiger partial charge in [-0.2, -0.15) is 0 Å². The first-order valence-corrected chi connectivity index (χ1v) is 23.6. The largest absolute Gasteiger partial charge is 0.462 e. The third-order valence-electron chi connectivity index (χ3n) is 9.58. The summed E-state index contributed by atoms with van der Waals surface area (Å²) in [5.74, 6) is -0.990. The number of esters is 3. The van der Waals surface area contributed by atoms with Crippen LogP contribution in [0.4, 0.5) is 0 Å². The van der Waals surface area contributed by atoms with E-state index < -0.39 is 6.10 Å². The van der Waals surface area contributed by atoms with Gasteiger partial charge >= 0.3 is 17.9 Å². The second-order valence-corrected chi connectivity index (χ2v) is 15.3. The lowest BCUT2D eigenvalue weighted by Gasteiger charge is -2.18. The minimum Gasteiger partial charge on any atom is -0.462 e. The first-order valence-electron chi connectivity index (χ1n) is 23.6. The van der Waals surface area contributed by atoms with Crippen molar-refractivity contribution < 1.29 is 28.6 Å². The predicted octanol–water partition coefficient (Wildman–Crippen LogP) is 15.3. The van der Waals surface area contributed by atoms with Crippen LogP contribution in [0.5, 0.6) is 0 Å². The minimum atomic E-state index is -0.805. The van der Waals surface area contributed by atoms with E-state index in [1.807, 2.05) is 0 Å². The maximum Gasteiger partial charge on any atom is 0.306 e. The molecule has 0 aromatic carbocycles. The molecule has 0 radical (unpaired) electrons. The standard InChI is InChI=1S/C52H86O6/c1-4-7-10-13-16-19-22-24-25-26-27-29-30-33-36-39-42-45-51(54)57-48-49(47-56-50(53)44-41-38-35-32-21-18-15-12-9-6-3)58-52(55)46-43-40-37-34-31-28-23-20-17-14-11-8-5-2/h7,10,12,15-16,19-20,23-25,27,29,33,36,49H,4-6,8-9,11,13-14,17-18,21-22,26,28,30-32,34-35,37-48H2,1-3H3/b10-7-,15-12-,19-16-,23-20-,25-24-,29-27-,36-33-. The summed E-state index contributed by atoms with van der Waals surface area (Å²) in [5.41, 5.74) is 0. The molecule has 0 N–H and O–H groups in total. The molecule has 0 aliphatic rings. The molecule has 6 nitrogen and oxygen atoms in total. The van der Waals surface area contributed by atoms with Crippen molar-refractivity contribution in [1.82, 2.24) is 0 Å². The Bertz CT molecular complexity index is 1160. The highest BCUT2D eigenvalue weighted by Crippen LogP contribution is 2.12. The van der Waals surface area contributed by atoms with Crippen LogP contribution in [0.1, 0.15) is 207 Å². The van der Waals surface area contributed by atoms with Crippen molar-refractivity contribution in [2.45, 2.75) is 213 Å². The van der Waals surface area contributed by atoms with E-state index in [-0.39, 0.29) is 37.5 Å². The maximum atomic E-state index is 12.7. The molecule has 0 aliphatic heterocycles. The summed E-state index contributed by atoms with van der Waals surface area (Å²) < 4.78 is 16.7. The van der Waals surface area contributed by atoms with Gasteiger partial charge in [0.15, 0.2) is 6.10 Å². The first-order chi connectivity index (χ1) is 28.5. The summed E-state index contributed by atoms with van der Waals surface area (Å²) in [6, 6.07) is 0. The number of unbranched alkanes of at least 4 members (excludes halogenated alkanes) is 16. The van der Waals surface area contributed by atoms with Crippen LogP contribution in [-0.4, -0.2) is 37.2 Å². The van der Waals surface area contributed by atoms with Gasteiger partial charge in [0.25, 0.3) is 0 Å². The van der Waals surface area contributed by atoms with Gasteiger partial charge in [-0.3, -0.25) is 14.4 Å². The molecule has 0 saturated carbocycles. The zero-order valence-electron chi connectivity index (χ0n) is 37.5. The molecule has 0 saturated heterocycles. The lowest BCUT2D eigenvalue weighted by molar-refractivity contribution is -0.167. The van der Waals surface area contributed by atoms with Crippen molar-refractivity contribution in [1.29, 1.82) is 0 Å². The Balaban J connectivity index is 4.49. The molecule has 0 aliphatic carbocycles. The number of allylic oxidation sites excluding steroid dienone is 14. The summed E-state index contributed by atoms with van der Waals surface area (Å²) in [5, 5.41) is 0. The molecule has 0 amide bonds. The summed E-state index contributed by atoms with van der Waals surface area (Å²) in [6.07, 6.45) is 58.6. The number of hydrogen-bond acceptors (Lipinski definition) is 6. The Morgan fingerprint density at radius 2 is 0.724 bits per heavy atom. The Kier molecular flexibility index (Phi) is 43.6. The van der Waals surface area contributed by atoms with Gasteiger partial charge in [0.2, 0.25) is 0 Å². The molecule has 6 heteroatoms. The van der Waals surface area contributed by atoms with Gasteiger partial charge in [-0.25, -0.2) is 0 Å². The Morgan fingerprint density at radius 1 is 0.362 bits per heavy atom. The van der Waals surface area contributed by atoms with Crippen LogP contribution in [0.2, 0.25) is 0 Å². The number of ether oxygens (including phenoxy) is 3. The Hall–Kier alpha value is -3.41. The molecule has 0 rings (SSSR count). The number of carbonyl (C=O) groups is 3. The molecule has 0 spiro atoms. The summed E-state index contributed by atoms with van der Waals surface area (Å²) in [6.45, 7) is 6.36. The van der Waals surface area contributed by atoms with E-state index in [4.69, 9.17) is 14.2 Å². The van der Waals surface area contributed by atoms with Crippen LogP contribution in [0, 0.1) is 0 Å². The highest BCUT2D eigenvalue weighted by atomic mass is 16.6. The Labute approximate surface area is 356 Å². The van der Waals surface area contributed by atoms with Crippen LogP contribution < -0.4 is 0 Å². The maximum absolute atomic E-state index is 12.7. The van der Waals surface area contributed by atoms with Crippen LogP contribution in [0.15, 0.2) is 85.1 Å². The monoisotopic (exact) mass is 807 g/mol. The molecule has 58 heavy (non-hydrogen) atoms. The third-order valence-corrected chi connectivity index (χ3v) is 9.58. The molecule has 0 bridgehead atoms. The molecular weight excluding hydrogens is 721 g/mol. The van der Waals surface area contributed by atoms with Gasteiger partial charge in [-0.15, -0.1) is 0 Å². The van der Waals surface area contributed by atoms with Crippen LogP contribution >= 0.6 is 0 Å². The van der Waals surface area contributed by atoms with E-state index >= 15 is 0 Å². The van der Waals surface area contributed by atoms with Gasteiger partial charge in [-0.05, 0) is 103 Å². The van der Waals surface area contributed by atoms with Crippen molar-refractivity contribution in [3.8, 4) is 0 Å². The zero-order chi connectivity index (χ0) is 42.3. The molecular formula is C52H86O6. The van der Waals surface area contributed by atoms with Gasteiger partial charge in [0.1, 0.15) is 13.2 Å². The highest BCUT2D eigenvalue weighted by Gasteiger charge is 2.19. The second-order valence-electron chi connectivity index (χ2n) is 15.3. The van der Waals surface area contributed by atoms with Gasteiger partial charge in [0, 0.05) is 19.3 Å². The zero-order valence-corrected chi connectivity index (χ0v) is 37.5. The first kappa shape index (κ1) is 54.6. The average molecular weight is 807 g/mol. The quantitative estimate of drug-likeness (QED) is 0.0265. The van der Waals surface area contributed by atoms with Crippen molar-refractivity contribution in [2.75, 3.05) is 13.2 Å². The van der Waals surface area contributed by atoms with E-state index in [9.17, 15) is 14.4 Å². The van der Waals surface area contributed by atoms with Crippen LogP contribution in [-0.2, 0) is 28.6 Å². The van der Waals surface area contributed by atoms with E-state index in [0.717, 1.165) is 109 Å². The van der Waals surface area contributed by atoms with Gasteiger partial charge in [-0.1, -0.05) is 170 Å². The van der Waals surface area contributed by atoms with Crippen molar-refractivity contribution in [3.05, 3.63) is 85.1 Å². The summed E-state index contributed by atoms with van der Waals surface area (Å²) in [4.78, 5) is 37.8. The molecule has 0 aromatic heterocycles. The second kappa shape index (κ2) is 46.3. The number of hydrogen-bond donors (Lipinski definition) is 0. The molecule has 1 atom stereocenters. The van der Waals surface area contributed by atoms with Gasteiger partial charge in [0.05, 0.1) is 0 Å². The molecule has 330 valence electrons. The molecule has 0 fully saturated rings. The van der Waals surface area contributed by atoms with Crippen LogP contribution in [0.25, 0.3) is 0 Å². The topological polar surface area (TPSA) is 78.9 Å². The molecule has 1 unspecified atom stereocenters. The Morgan fingerprint density at radius 3 is 1.21 bits per heavy atom. The van der Waals surface area contributed by atoms with E-state index in [1.54, 1.807) is 0 Å². The van der Waals surface area contributed by atoms with E-state index in [1.165, 1.54) is 51.4 Å². The molecule has 0 heterocycles. The SMILES string of the molecule is CC/C=C\C/C=C\C/C=C\C/C=C\C/C=C\CCCC(=O)OCC(COC(=O)CCCCCCC/C=C\CCC)OC(=O)CCCCCCC/C=C\CCCCCC. The van der Waals surface area contributed by atoms with Gasteiger partial charge < -0.3 is 14.2 Å². The number of rotatable bonds is 41. The lowest BCUT2D eigenvalue weighted by atomic mass is 10.1. The van der Waals surface area contributed by atoms with Crippen LogP contribution in [0.3, 0.4) is 0 Å². The third kappa shape index (κ3) is 43.7. The fourth-order valence-electron chi connectivity index (χ4n) is 6.06. The van der Waals surface area contributed by atoms with Crippen molar-refractivity contribution >= 4 is 17.9 Å². The van der Waals surface area contributed by atoms with E-state index in [0.29, 0.717) is 19.3 Å². The fourth-order valence-corrected chi connectivity index (χ4v) is 6.06. The highest BCUT2D eigenvalue weighted by molar-refractivity contribution is 5.71. The van der Waals surface area contributed by atoms with E-state index in [2.05, 4.69) is 106 Å². The summed E-state index contributed by atoms with van der Waals surface area (Å²) >= 11 is 0. The molecule has 0 aromatic rings. The van der Waals surface area contributed by atoms with Crippen molar-refractivity contribution in [2.24, 2.45) is 0 Å². The lowest BCUT2D eigenvalue weighted by Crippen LogP contribution is -2.30. The minimum absolute atomic E-state index is 0.103. The number of carbonyl (C=O) groups excluding carboxylic acids is 3. The fraction of sp³-hybridized carbons (Fsp3) is 0.673. The summed E-state index contributed by atoms with van der Waals surface area (Å²) in [7, 11) is 0. The van der Waals surface area contributed by atoms with Crippen molar-refractivity contribution in [3.63, 3.8) is 0 Å². The predicted molar refractivity (Wildman–Crippen MR) is 247 cm³/mol.